The van der Waals surface area contributed by atoms with E-state index in [2.05, 4.69) is 10.6 Å². The van der Waals surface area contributed by atoms with E-state index in [9.17, 15) is 34.6 Å². The van der Waals surface area contributed by atoms with Crippen molar-refractivity contribution in [2.45, 2.75) is 44.4 Å². The van der Waals surface area contributed by atoms with Gasteiger partial charge in [-0.25, -0.2) is 9.59 Å². The fourth-order valence-electron chi connectivity index (χ4n) is 3.62. The minimum Gasteiger partial charge on any atom is -0.445 e. The van der Waals surface area contributed by atoms with Crippen LogP contribution in [0.2, 0.25) is 0 Å². The van der Waals surface area contributed by atoms with Crippen LogP contribution in [0.25, 0.3) is 0 Å². The summed E-state index contributed by atoms with van der Waals surface area (Å²) in [4.78, 5) is 56.8. The number of nitro benzene ring substituents is 2. The molecule has 0 aromatic heterocycles. The molecule has 0 radical (unpaired) electrons. The molecule has 13 nitrogen and oxygen atoms in total. The average Bonchev–Trinajstić information content (AvgIpc) is 2.87. The molecule has 2 N–H and O–H groups in total. The fraction of sp³-hybridized carbons (Fsp3) is 0.348. The van der Waals surface area contributed by atoms with Crippen LogP contribution in [-0.4, -0.2) is 39.9 Å². The number of benzene rings is 2. The molecule has 0 saturated heterocycles. The Labute approximate surface area is 205 Å². The first-order valence-corrected chi connectivity index (χ1v) is 11.0. The Balaban J connectivity index is 1.51. The highest BCUT2D eigenvalue weighted by atomic mass is 16.6. The third kappa shape index (κ3) is 7.48. The van der Waals surface area contributed by atoms with E-state index < -0.39 is 27.6 Å². The highest BCUT2D eigenvalue weighted by molar-refractivity contribution is 5.80. The van der Waals surface area contributed by atoms with Gasteiger partial charge in [0.15, 0.2) is 0 Å². The Morgan fingerprint density at radius 1 is 0.806 bits per heavy atom. The van der Waals surface area contributed by atoms with Crippen LogP contribution in [0.4, 0.5) is 21.0 Å². The van der Waals surface area contributed by atoms with Crippen molar-refractivity contribution in [2.24, 2.45) is 0 Å². The molecule has 0 atom stereocenters. The Kier molecular flexibility index (Phi) is 8.49. The molecule has 1 aliphatic carbocycles. The summed E-state index contributed by atoms with van der Waals surface area (Å²) >= 11 is 0. The van der Waals surface area contributed by atoms with E-state index >= 15 is 0 Å². The summed E-state index contributed by atoms with van der Waals surface area (Å²) in [5.41, 5.74) is 0.0228. The van der Waals surface area contributed by atoms with Gasteiger partial charge in [-0.1, -0.05) is 0 Å². The summed E-state index contributed by atoms with van der Waals surface area (Å²) in [6, 6.07) is 11.1. The zero-order valence-corrected chi connectivity index (χ0v) is 19.1. The minimum atomic E-state index is -0.924. The molecule has 36 heavy (non-hydrogen) atoms. The van der Waals surface area contributed by atoms with E-state index in [4.69, 9.17) is 9.47 Å². The van der Waals surface area contributed by atoms with E-state index in [1.165, 1.54) is 48.5 Å². The van der Waals surface area contributed by atoms with Crippen molar-refractivity contribution in [1.29, 1.82) is 0 Å². The van der Waals surface area contributed by atoms with Crippen molar-refractivity contribution >= 4 is 29.3 Å². The molecule has 13 heteroatoms. The summed E-state index contributed by atoms with van der Waals surface area (Å²) in [5.74, 6) is 0.0485. The van der Waals surface area contributed by atoms with Gasteiger partial charge in [0.05, 0.1) is 15.4 Å². The maximum atomic E-state index is 12.5. The number of rotatable bonds is 9. The molecule has 0 aliphatic heterocycles. The Morgan fingerprint density at radius 2 is 1.25 bits per heavy atom. The van der Waals surface area contributed by atoms with Crippen LogP contribution < -0.4 is 10.6 Å². The predicted octanol–water partition coefficient (Wildman–Crippen LogP) is 3.54. The summed E-state index contributed by atoms with van der Waals surface area (Å²) in [7, 11) is 0. The molecule has 1 saturated carbocycles. The van der Waals surface area contributed by atoms with Crippen LogP contribution in [0.15, 0.2) is 48.5 Å². The zero-order chi connectivity index (χ0) is 26.1. The molecule has 190 valence electrons. The second-order valence-electron chi connectivity index (χ2n) is 8.30. The van der Waals surface area contributed by atoms with Crippen LogP contribution in [0, 0.1) is 20.2 Å². The first kappa shape index (κ1) is 26.1. The number of non-ortho nitro benzene ring substituents is 2. The molecule has 0 bridgehead atoms. The van der Waals surface area contributed by atoms with Crippen LogP contribution in [0.5, 0.6) is 0 Å². The van der Waals surface area contributed by atoms with E-state index in [0.717, 1.165) is 0 Å². The fourth-order valence-corrected chi connectivity index (χ4v) is 3.62. The van der Waals surface area contributed by atoms with Gasteiger partial charge in [-0.2, -0.15) is 0 Å². The number of alkyl carbamates (subject to hydrolysis) is 2. The third-order valence-electron chi connectivity index (χ3n) is 5.74. The number of ketones is 1. The lowest BCUT2D eigenvalue weighted by Crippen LogP contribution is -2.57. The molecule has 0 heterocycles. The number of hydrogen-bond donors (Lipinski definition) is 2. The standard InChI is InChI=1S/C23H24N4O9/c28-20-9-11-23(12-10-20,25-22(30)36-14-17-3-7-19(8-4-17)27(33)34)15-24-21(29)35-13-16-1-5-18(6-2-16)26(31)32/h1-8H,9-15H2,(H,24,29)(H,25,30). The molecule has 0 unspecified atom stereocenters. The van der Waals surface area contributed by atoms with Crippen molar-refractivity contribution in [3.8, 4) is 0 Å². The van der Waals surface area contributed by atoms with Crippen LogP contribution in [0.3, 0.4) is 0 Å². The number of nitrogens with zero attached hydrogens (tertiary/aromatic N) is 2. The maximum absolute atomic E-state index is 12.5. The van der Waals surface area contributed by atoms with E-state index in [-0.39, 0.29) is 49.8 Å². The lowest BCUT2D eigenvalue weighted by atomic mass is 9.81. The van der Waals surface area contributed by atoms with Crippen molar-refractivity contribution < 1.29 is 33.7 Å². The number of carbonyl (C=O) groups is 3. The number of nitrogens with one attached hydrogen (secondary N) is 2. The zero-order valence-electron chi connectivity index (χ0n) is 19.1. The van der Waals surface area contributed by atoms with Gasteiger partial charge in [0.1, 0.15) is 19.0 Å². The molecule has 2 aromatic carbocycles. The van der Waals surface area contributed by atoms with Crippen molar-refractivity contribution in [2.75, 3.05) is 6.54 Å². The summed E-state index contributed by atoms with van der Waals surface area (Å²) < 4.78 is 10.4. The number of ether oxygens (including phenoxy) is 2. The number of carbonyl (C=O) groups excluding carboxylic acids is 3. The SMILES string of the molecule is O=C1CCC(CNC(=O)OCc2ccc([N+](=O)[O-])cc2)(NC(=O)OCc2ccc([N+](=O)[O-])cc2)CC1. The van der Waals surface area contributed by atoms with Gasteiger partial charge < -0.3 is 20.1 Å². The molecule has 3 rings (SSSR count). The van der Waals surface area contributed by atoms with Crippen molar-refractivity contribution in [3.63, 3.8) is 0 Å². The van der Waals surface area contributed by atoms with Crippen LogP contribution in [0.1, 0.15) is 36.8 Å². The summed E-state index contributed by atoms with van der Waals surface area (Å²) in [6.45, 7) is -0.241. The number of hydrogen-bond acceptors (Lipinski definition) is 9. The smallest absolute Gasteiger partial charge is 0.407 e. The first-order valence-electron chi connectivity index (χ1n) is 11.0. The number of nitro groups is 2. The topological polar surface area (TPSA) is 180 Å². The van der Waals surface area contributed by atoms with E-state index in [1.807, 2.05) is 0 Å². The molecular formula is C23H24N4O9. The minimum absolute atomic E-state index is 0.00793. The second-order valence-corrected chi connectivity index (χ2v) is 8.30. The first-order chi connectivity index (χ1) is 17.2. The molecule has 2 amide bonds. The van der Waals surface area contributed by atoms with Gasteiger partial charge in [-0.15, -0.1) is 0 Å². The van der Waals surface area contributed by atoms with Gasteiger partial charge in [0.2, 0.25) is 0 Å². The predicted molar refractivity (Wildman–Crippen MR) is 124 cm³/mol. The third-order valence-corrected chi connectivity index (χ3v) is 5.74. The highest BCUT2D eigenvalue weighted by Crippen LogP contribution is 2.26. The molecule has 0 spiro atoms. The normalized spacial score (nSPS) is 14.4. The van der Waals surface area contributed by atoms with E-state index in [1.54, 1.807) is 0 Å². The van der Waals surface area contributed by atoms with Crippen LogP contribution in [-0.2, 0) is 27.5 Å². The lowest BCUT2D eigenvalue weighted by molar-refractivity contribution is -0.385. The van der Waals surface area contributed by atoms with Crippen LogP contribution >= 0.6 is 0 Å². The average molecular weight is 500 g/mol. The van der Waals surface area contributed by atoms with Gasteiger partial charge in [-0.3, -0.25) is 25.0 Å². The largest absolute Gasteiger partial charge is 0.445 e. The highest BCUT2D eigenvalue weighted by Gasteiger charge is 2.37. The van der Waals surface area contributed by atoms with Gasteiger partial charge in [0, 0.05) is 43.7 Å². The second kappa shape index (κ2) is 11.7. The Bertz CT molecular complexity index is 1120. The Hall–Kier alpha value is -4.55. The van der Waals surface area contributed by atoms with Gasteiger partial charge in [0.25, 0.3) is 11.4 Å². The van der Waals surface area contributed by atoms with Crippen molar-refractivity contribution in [1.82, 2.24) is 10.6 Å². The number of Topliss-reactive ketones (excluding diaryl/α,β-unsaturated/α-hetero) is 1. The molecule has 1 aliphatic rings. The lowest BCUT2D eigenvalue weighted by Gasteiger charge is -2.37. The summed E-state index contributed by atoms with van der Waals surface area (Å²) in [5, 5.41) is 26.8. The van der Waals surface area contributed by atoms with Gasteiger partial charge in [-0.05, 0) is 48.2 Å². The molecular weight excluding hydrogens is 476 g/mol. The molecule has 2 aromatic rings. The quantitative estimate of drug-likeness (QED) is 0.384. The summed E-state index contributed by atoms with van der Waals surface area (Å²) in [6.07, 6.45) is -0.485. The Morgan fingerprint density at radius 3 is 1.69 bits per heavy atom. The maximum Gasteiger partial charge on any atom is 0.407 e. The van der Waals surface area contributed by atoms with Gasteiger partial charge >= 0.3 is 12.2 Å². The monoisotopic (exact) mass is 500 g/mol. The van der Waals surface area contributed by atoms with Crippen molar-refractivity contribution in [3.05, 3.63) is 79.9 Å². The molecule has 1 fully saturated rings. The number of amides is 2. The van der Waals surface area contributed by atoms with E-state index in [0.29, 0.717) is 24.0 Å².